The number of rotatable bonds is 5. The van der Waals surface area contributed by atoms with E-state index in [1.54, 1.807) is 6.20 Å². The van der Waals surface area contributed by atoms with E-state index in [-0.39, 0.29) is 6.10 Å². The van der Waals surface area contributed by atoms with Crippen molar-refractivity contribution in [2.24, 2.45) is 0 Å². The van der Waals surface area contributed by atoms with Gasteiger partial charge < -0.3 is 10.1 Å². The number of anilines is 1. The molecule has 5 nitrogen and oxygen atoms in total. The van der Waals surface area contributed by atoms with Gasteiger partial charge in [0, 0.05) is 12.4 Å². The number of aromatic nitrogens is 3. The van der Waals surface area contributed by atoms with Crippen LogP contribution >= 0.6 is 15.9 Å². The molecule has 2 heterocycles. The van der Waals surface area contributed by atoms with Gasteiger partial charge in [-0.15, -0.1) is 0 Å². The number of benzene rings is 1. The van der Waals surface area contributed by atoms with Crippen LogP contribution in [0.3, 0.4) is 0 Å². The Morgan fingerprint density at radius 3 is 3.00 bits per heavy atom. The van der Waals surface area contributed by atoms with Gasteiger partial charge in [-0.1, -0.05) is 12.1 Å². The number of para-hydroxylation sites is 1. The third kappa shape index (κ3) is 3.22. The first-order valence-corrected chi connectivity index (χ1v) is 7.89. The van der Waals surface area contributed by atoms with E-state index in [0.29, 0.717) is 6.54 Å². The average Bonchev–Trinajstić information content (AvgIpc) is 2.88. The zero-order valence-corrected chi connectivity index (χ0v) is 14.0. The zero-order valence-electron chi connectivity index (χ0n) is 12.5. The van der Waals surface area contributed by atoms with Crippen LogP contribution in [-0.2, 0) is 0 Å². The highest BCUT2D eigenvalue weighted by Crippen LogP contribution is 2.25. The number of halogens is 1. The van der Waals surface area contributed by atoms with Crippen molar-refractivity contribution in [3.63, 3.8) is 0 Å². The highest BCUT2D eigenvalue weighted by molar-refractivity contribution is 9.10. The van der Waals surface area contributed by atoms with Gasteiger partial charge in [-0.25, -0.2) is 9.50 Å². The maximum absolute atomic E-state index is 5.92. The molecule has 22 heavy (non-hydrogen) atoms. The summed E-state index contributed by atoms with van der Waals surface area (Å²) < 4.78 is 8.70. The summed E-state index contributed by atoms with van der Waals surface area (Å²) in [4.78, 5) is 4.38. The molecule has 2 aromatic heterocycles. The van der Waals surface area contributed by atoms with Crippen molar-refractivity contribution in [3.8, 4) is 5.75 Å². The van der Waals surface area contributed by atoms with Crippen molar-refractivity contribution < 1.29 is 4.74 Å². The Kier molecular flexibility index (Phi) is 4.29. The molecule has 0 bridgehead atoms. The predicted molar refractivity (Wildman–Crippen MR) is 90.4 cm³/mol. The Balaban J connectivity index is 1.67. The second-order valence-electron chi connectivity index (χ2n) is 5.13. The number of aryl methyl sites for hydroxylation is 1. The third-order valence-corrected chi connectivity index (χ3v) is 3.89. The Morgan fingerprint density at radius 2 is 2.18 bits per heavy atom. The number of ether oxygens (including phenoxy) is 1. The Labute approximate surface area is 137 Å². The number of nitrogens with one attached hydrogen (secondary N) is 1. The van der Waals surface area contributed by atoms with Crippen LogP contribution in [0.5, 0.6) is 5.75 Å². The fourth-order valence-corrected chi connectivity index (χ4v) is 2.60. The monoisotopic (exact) mass is 360 g/mol. The highest BCUT2D eigenvalue weighted by Gasteiger charge is 2.09. The molecular weight excluding hydrogens is 344 g/mol. The van der Waals surface area contributed by atoms with Crippen molar-refractivity contribution in [1.29, 1.82) is 0 Å². The summed E-state index contributed by atoms with van der Waals surface area (Å²) in [5.74, 6) is 1.65. The van der Waals surface area contributed by atoms with E-state index in [4.69, 9.17) is 4.74 Å². The highest BCUT2D eigenvalue weighted by atomic mass is 79.9. The normalized spacial score (nSPS) is 12.3. The van der Waals surface area contributed by atoms with Crippen LogP contribution in [0.1, 0.15) is 12.6 Å². The molecule has 0 saturated heterocycles. The molecule has 1 atom stereocenters. The molecule has 0 saturated carbocycles. The van der Waals surface area contributed by atoms with Gasteiger partial charge in [0.05, 0.1) is 16.7 Å². The lowest BCUT2D eigenvalue weighted by Crippen LogP contribution is -2.23. The topological polar surface area (TPSA) is 51.5 Å². The van der Waals surface area contributed by atoms with Crippen LogP contribution in [0, 0.1) is 6.92 Å². The second-order valence-corrected chi connectivity index (χ2v) is 5.99. The summed E-state index contributed by atoms with van der Waals surface area (Å²) in [7, 11) is 0. The summed E-state index contributed by atoms with van der Waals surface area (Å²) in [6.07, 6.45) is 3.58. The minimum Gasteiger partial charge on any atom is -0.488 e. The number of nitrogens with zero attached hydrogens (tertiary/aromatic N) is 3. The fraction of sp³-hybridized carbons (Fsp3) is 0.250. The van der Waals surface area contributed by atoms with Crippen molar-refractivity contribution in [2.75, 3.05) is 11.9 Å². The third-order valence-electron chi connectivity index (χ3n) is 3.23. The summed E-state index contributed by atoms with van der Waals surface area (Å²) in [6.45, 7) is 4.64. The molecule has 0 spiro atoms. The van der Waals surface area contributed by atoms with E-state index in [9.17, 15) is 0 Å². The molecule has 6 heteroatoms. The van der Waals surface area contributed by atoms with E-state index in [0.717, 1.165) is 27.3 Å². The van der Waals surface area contributed by atoms with Crippen LogP contribution in [0.25, 0.3) is 5.52 Å². The first-order chi connectivity index (χ1) is 10.6. The first-order valence-electron chi connectivity index (χ1n) is 7.09. The molecule has 3 aromatic rings. The Hall–Kier alpha value is -2.08. The molecule has 0 aliphatic heterocycles. The predicted octanol–water partition coefficient (Wildman–Crippen LogP) is 3.68. The fourth-order valence-electron chi connectivity index (χ4n) is 2.22. The molecule has 0 fully saturated rings. The van der Waals surface area contributed by atoms with E-state index in [2.05, 4.69) is 31.3 Å². The summed E-state index contributed by atoms with van der Waals surface area (Å²) in [5.41, 5.74) is 1.93. The smallest absolute Gasteiger partial charge is 0.152 e. The van der Waals surface area contributed by atoms with Gasteiger partial charge in [-0.3, -0.25) is 0 Å². The molecule has 0 radical (unpaired) electrons. The number of hydrogen-bond acceptors (Lipinski definition) is 4. The van der Waals surface area contributed by atoms with Crippen LogP contribution in [0.4, 0.5) is 5.82 Å². The second kappa shape index (κ2) is 6.36. The quantitative estimate of drug-likeness (QED) is 0.753. The van der Waals surface area contributed by atoms with Crippen LogP contribution in [0.15, 0.2) is 47.2 Å². The lowest BCUT2D eigenvalue weighted by atomic mass is 10.3. The molecule has 1 unspecified atom stereocenters. The molecule has 0 amide bonds. The minimum atomic E-state index is 0.00442. The van der Waals surface area contributed by atoms with E-state index >= 15 is 0 Å². The zero-order chi connectivity index (χ0) is 15.5. The summed E-state index contributed by atoms with van der Waals surface area (Å²) in [5, 5.41) is 7.71. The molecular formula is C16H17BrN4O. The standard InChI is InChI=1S/C16H17BrN4O/c1-11-9-14-16(18-7-8-21(14)20-11)19-10-12(2)22-15-6-4-3-5-13(15)17/h3-9,12H,10H2,1-2H3,(H,18,19). The van der Waals surface area contributed by atoms with Gasteiger partial charge in [0.25, 0.3) is 0 Å². The summed E-state index contributed by atoms with van der Waals surface area (Å²) >= 11 is 3.49. The number of hydrogen-bond donors (Lipinski definition) is 1. The molecule has 114 valence electrons. The minimum absolute atomic E-state index is 0.00442. The molecule has 1 N–H and O–H groups in total. The van der Waals surface area contributed by atoms with Crippen LogP contribution in [-0.4, -0.2) is 27.2 Å². The van der Waals surface area contributed by atoms with Crippen LogP contribution in [0.2, 0.25) is 0 Å². The molecule has 3 rings (SSSR count). The summed E-state index contributed by atoms with van der Waals surface area (Å²) in [6, 6.07) is 9.84. The van der Waals surface area contributed by atoms with Gasteiger partial charge in [0.15, 0.2) is 5.82 Å². The SMILES string of the molecule is Cc1cc2c(NCC(C)Oc3ccccc3Br)nccn2n1. The van der Waals surface area contributed by atoms with Gasteiger partial charge >= 0.3 is 0 Å². The van der Waals surface area contributed by atoms with Crippen molar-refractivity contribution in [2.45, 2.75) is 20.0 Å². The lowest BCUT2D eigenvalue weighted by Gasteiger charge is -2.17. The Bertz CT molecular complexity index is 787. The maximum Gasteiger partial charge on any atom is 0.152 e. The van der Waals surface area contributed by atoms with Crippen molar-refractivity contribution >= 4 is 27.3 Å². The van der Waals surface area contributed by atoms with Gasteiger partial charge in [0.2, 0.25) is 0 Å². The molecule has 0 aliphatic rings. The maximum atomic E-state index is 5.92. The number of fused-ring (bicyclic) bond motifs is 1. The Morgan fingerprint density at radius 1 is 1.36 bits per heavy atom. The van der Waals surface area contributed by atoms with Crippen molar-refractivity contribution in [1.82, 2.24) is 14.6 Å². The molecule has 0 aliphatic carbocycles. The van der Waals surface area contributed by atoms with Crippen molar-refractivity contribution in [3.05, 3.63) is 52.9 Å². The first kappa shape index (κ1) is 14.8. The van der Waals surface area contributed by atoms with E-state index in [1.165, 1.54) is 0 Å². The van der Waals surface area contributed by atoms with Gasteiger partial charge in [-0.05, 0) is 48.0 Å². The van der Waals surface area contributed by atoms with E-state index in [1.807, 2.05) is 54.9 Å². The largest absolute Gasteiger partial charge is 0.488 e. The van der Waals surface area contributed by atoms with E-state index < -0.39 is 0 Å². The lowest BCUT2D eigenvalue weighted by molar-refractivity contribution is 0.233. The van der Waals surface area contributed by atoms with Crippen LogP contribution < -0.4 is 10.1 Å². The van der Waals surface area contributed by atoms with Gasteiger partial charge in [0.1, 0.15) is 17.4 Å². The molecule has 1 aromatic carbocycles. The average molecular weight is 361 g/mol. The van der Waals surface area contributed by atoms with Gasteiger partial charge in [-0.2, -0.15) is 5.10 Å².